The smallest absolute Gasteiger partial charge is 0.224 e. The van der Waals surface area contributed by atoms with Crippen LogP contribution in [0.5, 0.6) is 0 Å². The van der Waals surface area contributed by atoms with Crippen LogP contribution in [0.1, 0.15) is 37.3 Å². The molecule has 0 heterocycles. The number of carbonyl (C=O) groups is 1. The van der Waals surface area contributed by atoms with E-state index < -0.39 is 0 Å². The summed E-state index contributed by atoms with van der Waals surface area (Å²) >= 11 is 0. The SMILES string of the molecule is CCC1(CNC(=O)Cc2ccccc2CN)CC1. The fraction of sp³-hybridized carbons (Fsp3) is 0.533. The second-order valence-corrected chi connectivity index (χ2v) is 5.28. The average Bonchev–Trinajstić information content (AvgIpc) is 3.18. The van der Waals surface area contributed by atoms with Crippen molar-refractivity contribution >= 4 is 5.91 Å². The fourth-order valence-corrected chi connectivity index (χ4v) is 2.28. The van der Waals surface area contributed by atoms with Crippen molar-refractivity contribution in [3.63, 3.8) is 0 Å². The van der Waals surface area contributed by atoms with Gasteiger partial charge >= 0.3 is 0 Å². The van der Waals surface area contributed by atoms with Crippen molar-refractivity contribution in [3.8, 4) is 0 Å². The monoisotopic (exact) mass is 246 g/mol. The molecule has 0 bridgehead atoms. The highest BCUT2D eigenvalue weighted by Crippen LogP contribution is 2.47. The average molecular weight is 246 g/mol. The van der Waals surface area contributed by atoms with Crippen LogP contribution >= 0.6 is 0 Å². The highest BCUT2D eigenvalue weighted by molar-refractivity contribution is 5.79. The van der Waals surface area contributed by atoms with Gasteiger partial charge in [-0.2, -0.15) is 0 Å². The van der Waals surface area contributed by atoms with E-state index in [1.54, 1.807) is 0 Å². The number of nitrogens with one attached hydrogen (secondary N) is 1. The first kappa shape index (κ1) is 13.1. The Balaban J connectivity index is 1.87. The number of amides is 1. The highest BCUT2D eigenvalue weighted by atomic mass is 16.1. The summed E-state index contributed by atoms with van der Waals surface area (Å²) in [5.74, 6) is 0.107. The van der Waals surface area contributed by atoms with Crippen LogP contribution < -0.4 is 11.1 Å². The molecule has 1 amide bonds. The number of hydrogen-bond acceptors (Lipinski definition) is 2. The molecule has 18 heavy (non-hydrogen) atoms. The fourth-order valence-electron chi connectivity index (χ4n) is 2.28. The molecule has 3 N–H and O–H groups in total. The van der Waals surface area contributed by atoms with Crippen molar-refractivity contribution < 1.29 is 4.79 Å². The Kier molecular flexibility index (Phi) is 4.02. The Morgan fingerprint density at radius 2 is 2.00 bits per heavy atom. The van der Waals surface area contributed by atoms with Crippen LogP contribution in [0.3, 0.4) is 0 Å². The summed E-state index contributed by atoms with van der Waals surface area (Å²) in [5.41, 5.74) is 8.18. The number of carbonyl (C=O) groups excluding carboxylic acids is 1. The predicted octanol–water partition coefficient (Wildman–Crippen LogP) is 1.99. The minimum Gasteiger partial charge on any atom is -0.355 e. The molecule has 1 aliphatic carbocycles. The van der Waals surface area contributed by atoms with Gasteiger partial charge in [0.1, 0.15) is 0 Å². The summed E-state index contributed by atoms with van der Waals surface area (Å²) in [4.78, 5) is 11.9. The number of benzene rings is 1. The molecule has 1 saturated carbocycles. The zero-order chi connectivity index (χ0) is 13.0. The van der Waals surface area contributed by atoms with Crippen molar-refractivity contribution in [3.05, 3.63) is 35.4 Å². The number of hydrogen-bond donors (Lipinski definition) is 2. The van der Waals surface area contributed by atoms with Crippen LogP contribution in [0.2, 0.25) is 0 Å². The van der Waals surface area contributed by atoms with Crippen molar-refractivity contribution in [2.45, 2.75) is 39.2 Å². The van der Waals surface area contributed by atoms with E-state index in [4.69, 9.17) is 5.73 Å². The first-order valence-electron chi connectivity index (χ1n) is 6.73. The van der Waals surface area contributed by atoms with Gasteiger partial charge in [-0.25, -0.2) is 0 Å². The zero-order valence-electron chi connectivity index (χ0n) is 11.0. The van der Waals surface area contributed by atoms with Crippen molar-refractivity contribution in [2.75, 3.05) is 6.54 Å². The summed E-state index contributed by atoms with van der Waals surface area (Å²) in [7, 11) is 0. The van der Waals surface area contributed by atoms with E-state index in [-0.39, 0.29) is 5.91 Å². The molecule has 0 unspecified atom stereocenters. The van der Waals surface area contributed by atoms with Gasteiger partial charge in [0.05, 0.1) is 6.42 Å². The first-order chi connectivity index (χ1) is 8.69. The Morgan fingerprint density at radius 3 is 2.56 bits per heavy atom. The van der Waals surface area contributed by atoms with Crippen LogP contribution in [-0.2, 0) is 17.8 Å². The van der Waals surface area contributed by atoms with E-state index in [0.29, 0.717) is 18.4 Å². The lowest BCUT2D eigenvalue weighted by atomic mass is 10.0. The van der Waals surface area contributed by atoms with E-state index in [9.17, 15) is 4.79 Å². The Morgan fingerprint density at radius 1 is 1.33 bits per heavy atom. The van der Waals surface area contributed by atoms with Crippen molar-refractivity contribution in [1.29, 1.82) is 0 Å². The molecule has 0 aromatic heterocycles. The molecule has 0 radical (unpaired) electrons. The van der Waals surface area contributed by atoms with Crippen molar-refractivity contribution in [1.82, 2.24) is 5.32 Å². The number of nitrogens with two attached hydrogens (primary N) is 1. The quantitative estimate of drug-likeness (QED) is 0.806. The van der Waals surface area contributed by atoms with Gasteiger partial charge in [0.25, 0.3) is 0 Å². The summed E-state index contributed by atoms with van der Waals surface area (Å²) < 4.78 is 0. The predicted molar refractivity (Wildman–Crippen MR) is 73.0 cm³/mol. The first-order valence-corrected chi connectivity index (χ1v) is 6.73. The van der Waals surface area contributed by atoms with E-state index in [1.807, 2.05) is 24.3 Å². The molecule has 1 aromatic rings. The normalized spacial score (nSPS) is 16.3. The van der Waals surface area contributed by atoms with Gasteiger partial charge < -0.3 is 11.1 Å². The molecule has 1 aromatic carbocycles. The topological polar surface area (TPSA) is 55.1 Å². The maximum absolute atomic E-state index is 11.9. The molecule has 3 heteroatoms. The molecule has 2 rings (SSSR count). The van der Waals surface area contributed by atoms with Gasteiger partial charge in [0.15, 0.2) is 0 Å². The van der Waals surface area contributed by atoms with Crippen molar-refractivity contribution in [2.24, 2.45) is 11.1 Å². The minimum atomic E-state index is 0.107. The van der Waals surface area contributed by atoms with Gasteiger partial charge in [-0.05, 0) is 35.8 Å². The lowest BCUT2D eigenvalue weighted by Crippen LogP contribution is -2.31. The minimum absolute atomic E-state index is 0.107. The third kappa shape index (κ3) is 3.10. The Labute approximate surface area is 109 Å². The number of rotatable bonds is 6. The van der Waals surface area contributed by atoms with E-state index in [1.165, 1.54) is 12.8 Å². The largest absolute Gasteiger partial charge is 0.355 e. The molecule has 1 fully saturated rings. The molecule has 98 valence electrons. The maximum atomic E-state index is 11.9. The molecular weight excluding hydrogens is 224 g/mol. The van der Waals surface area contributed by atoms with Crippen LogP contribution in [-0.4, -0.2) is 12.5 Å². The van der Waals surface area contributed by atoms with Crippen LogP contribution in [0.4, 0.5) is 0 Å². The molecule has 1 aliphatic rings. The molecule has 0 saturated heterocycles. The van der Waals surface area contributed by atoms with Crippen LogP contribution in [0.15, 0.2) is 24.3 Å². The molecule has 3 nitrogen and oxygen atoms in total. The second kappa shape index (κ2) is 5.53. The summed E-state index contributed by atoms with van der Waals surface area (Å²) in [6.07, 6.45) is 4.10. The van der Waals surface area contributed by atoms with Gasteiger partial charge in [-0.1, -0.05) is 31.2 Å². The highest BCUT2D eigenvalue weighted by Gasteiger charge is 2.40. The zero-order valence-corrected chi connectivity index (χ0v) is 11.0. The Hall–Kier alpha value is -1.35. The molecular formula is C15H22N2O. The van der Waals surface area contributed by atoms with Crippen LogP contribution in [0.25, 0.3) is 0 Å². The van der Waals surface area contributed by atoms with Gasteiger partial charge in [-0.3, -0.25) is 4.79 Å². The standard InChI is InChI=1S/C15H22N2O/c1-2-15(7-8-15)11-17-14(18)9-12-5-3-4-6-13(12)10-16/h3-6H,2,7-11,16H2,1H3,(H,17,18). The lowest BCUT2D eigenvalue weighted by molar-refractivity contribution is -0.120. The summed E-state index contributed by atoms with van der Waals surface area (Å²) in [6, 6.07) is 7.88. The summed E-state index contributed by atoms with van der Waals surface area (Å²) in [5, 5.41) is 3.06. The van der Waals surface area contributed by atoms with E-state index in [2.05, 4.69) is 12.2 Å². The van der Waals surface area contributed by atoms with Crippen LogP contribution in [0, 0.1) is 5.41 Å². The molecule has 0 spiro atoms. The third-order valence-corrected chi connectivity index (χ3v) is 4.06. The molecule has 0 atom stereocenters. The van der Waals surface area contributed by atoms with Gasteiger partial charge in [0.2, 0.25) is 5.91 Å². The second-order valence-electron chi connectivity index (χ2n) is 5.28. The van der Waals surface area contributed by atoms with Gasteiger partial charge in [0, 0.05) is 13.1 Å². The van der Waals surface area contributed by atoms with E-state index >= 15 is 0 Å². The molecule has 0 aliphatic heterocycles. The Bertz CT molecular complexity index is 424. The lowest BCUT2D eigenvalue weighted by Gasteiger charge is -2.14. The maximum Gasteiger partial charge on any atom is 0.224 e. The van der Waals surface area contributed by atoms with E-state index in [0.717, 1.165) is 24.1 Å². The third-order valence-electron chi connectivity index (χ3n) is 4.06. The van der Waals surface area contributed by atoms with Gasteiger partial charge in [-0.15, -0.1) is 0 Å². The summed E-state index contributed by atoms with van der Waals surface area (Å²) in [6.45, 7) is 3.51.